The molecule has 0 saturated heterocycles. The number of nitrogens with zero attached hydrogens (tertiary/aromatic N) is 1. The van der Waals surface area contributed by atoms with Crippen LogP contribution in [-0.2, 0) is 6.54 Å². The molecule has 76 valence electrons. The van der Waals surface area contributed by atoms with Crippen molar-refractivity contribution in [1.82, 2.24) is 5.01 Å². The molecule has 14 heavy (non-hydrogen) atoms. The van der Waals surface area contributed by atoms with Gasteiger partial charge in [0.25, 0.3) is 0 Å². The van der Waals surface area contributed by atoms with Gasteiger partial charge < -0.3 is 5.73 Å². The molecule has 0 spiro atoms. The summed E-state index contributed by atoms with van der Waals surface area (Å²) in [5, 5.41) is 0.999. The van der Waals surface area contributed by atoms with Gasteiger partial charge in [0, 0.05) is 6.07 Å². The van der Waals surface area contributed by atoms with Gasteiger partial charge in [0.1, 0.15) is 11.6 Å². The van der Waals surface area contributed by atoms with Crippen molar-refractivity contribution in [1.29, 1.82) is 0 Å². The molecule has 1 rings (SSSR count). The highest BCUT2D eigenvalue weighted by atomic mass is 32.1. The van der Waals surface area contributed by atoms with E-state index >= 15 is 0 Å². The maximum absolute atomic E-state index is 12.7. The average Bonchev–Trinajstić information content (AvgIpc) is 2.01. The highest BCUT2D eigenvalue weighted by Crippen LogP contribution is 2.09. The lowest BCUT2D eigenvalue weighted by molar-refractivity contribution is 0.434. The summed E-state index contributed by atoms with van der Waals surface area (Å²) in [7, 11) is 0. The van der Waals surface area contributed by atoms with E-state index in [0.717, 1.165) is 11.1 Å². The third kappa shape index (κ3) is 2.90. The molecule has 3 nitrogen and oxygen atoms in total. The fraction of sp³-hybridized carbons (Fsp3) is 0.125. The third-order valence-corrected chi connectivity index (χ3v) is 1.79. The Morgan fingerprint density at radius 2 is 1.79 bits per heavy atom. The molecule has 0 bridgehead atoms. The van der Waals surface area contributed by atoms with Crippen LogP contribution in [0, 0.1) is 11.6 Å². The van der Waals surface area contributed by atoms with Gasteiger partial charge in [0.2, 0.25) is 0 Å². The predicted octanol–water partition coefficient (Wildman–Crippen LogP) is 0.884. The average molecular weight is 217 g/mol. The van der Waals surface area contributed by atoms with Gasteiger partial charge >= 0.3 is 0 Å². The van der Waals surface area contributed by atoms with E-state index in [-0.39, 0.29) is 11.7 Å². The molecular formula is C8H9F2N3S. The first-order valence-electron chi connectivity index (χ1n) is 3.75. The van der Waals surface area contributed by atoms with Crippen LogP contribution in [0.2, 0.25) is 0 Å². The second-order valence-electron chi connectivity index (χ2n) is 2.74. The Hall–Kier alpha value is -1.27. The van der Waals surface area contributed by atoms with E-state index in [0.29, 0.717) is 5.56 Å². The molecule has 0 aromatic heterocycles. The van der Waals surface area contributed by atoms with Crippen LogP contribution in [0.5, 0.6) is 0 Å². The van der Waals surface area contributed by atoms with Gasteiger partial charge in [-0.25, -0.2) is 14.6 Å². The molecule has 4 N–H and O–H groups in total. The van der Waals surface area contributed by atoms with Crippen molar-refractivity contribution < 1.29 is 8.78 Å². The zero-order chi connectivity index (χ0) is 10.7. The van der Waals surface area contributed by atoms with Gasteiger partial charge in [-0.3, -0.25) is 5.01 Å². The Balaban J connectivity index is 2.81. The molecule has 1 aromatic carbocycles. The second kappa shape index (κ2) is 4.30. The smallest absolute Gasteiger partial charge is 0.180 e. The molecule has 0 aliphatic rings. The number of hydrogen-bond acceptors (Lipinski definition) is 2. The summed E-state index contributed by atoms with van der Waals surface area (Å²) in [5.74, 6) is 4.06. The number of halogens is 2. The van der Waals surface area contributed by atoms with Gasteiger partial charge in [-0.15, -0.1) is 0 Å². The van der Waals surface area contributed by atoms with Crippen LogP contribution >= 0.6 is 12.2 Å². The zero-order valence-corrected chi connectivity index (χ0v) is 8.02. The van der Waals surface area contributed by atoms with Gasteiger partial charge in [0.15, 0.2) is 5.11 Å². The Bertz CT molecular complexity index is 336. The van der Waals surface area contributed by atoms with Crippen molar-refractivity contribution in [3.63, 3.8) is 0 Å². The first-order chi connectivity index (χ1) is 6.49. The summed E-state index contributed by atoms with van der Waals surface area (Å²) < 4.78 is 25.4. The minimum Gasteiger partial charge on any atom is -0.375 e. The Labute approximate surface area is 85.3 Å². The van der Waals surface area contributed by atoms with E-state index in [1.54, 1.807) is 0 Å². The number of thiocarbonyl (C=S) groups is 1. The van der Waals surface area contributed by atoms with Gasteiger partial charge in [-0.05, 0) is 29.9 Å². The topological polar surface area (TPSA) is 55.3 Å². The zero-order valence-electron chi connectivity index (χ0n) is 7.21. The van der Waals surface area contributed by atoms with Crippen LogP contribution in [0.4, 0.5) is 8.78 Å². The van der Waals surface area contributed by atoms with Gasteiger partial charge in [0.05, 0.1) is 6.54 Å². The molecule has 0 saturated carbocycles. The van der Waals surface area contributed by atoms with Gasteiger partial charge in [-0.2, -0.15) is 0 Å². The third-order valence-electron chi connectivity index (χ3n) is 1.56. The lowest BCUT2D eigenvalue weighted by Crippen LogP contribution is -2.40. The van der Waals surface area contributed by atoms with Crippen molar-refractivity contribution in [3.8, 4) is 0 Å². The van der Waals surface area contributed by atoms with Crippen molar-refractivity contribution in [2.75, 3.05) is 0 Å². The summed E-state index contributed by atoms with van der Waals surface area (Å²) in [6, 6.07) is 3.12. The molecule has 0 amide bonds. The molecule has 0 unspecified atom stereocenters. The van der Waals surface area contributed by atoms with E-state index < -0.39 is 11.6 Å². The number of hydrazine groups is 1. The van der Waals surface area contributed by atoms with Crippen molar-refractivity contribution in [2.45, 2.75) is 6.54 Å². The first kappa shape index (κ1) is 10.8. The van der Waals surface area contributed by atoms with Crippen LogP contribution in [-0.4, -0.2) is 10.1 Å². The predicted molar refractivity (Wildman–Crippen MR) is 52.9 cm³/mol. The van der Waals surface area contributed by atoms with E-state index in [1.807, 2.05) is 0 Å². The molecule has 0 heterocycles. The number of nitrogens with two attached hydrogens (primary N) is 2. The van der Waals surface area contributed by atoms with Crippen molar-refractivity contribution >= 4 is 17.3 Å². The monoisotopic (exact) mass is 217 g/mol. The van der Waals surface area contributed by atoms with Gasteiger partial charge in [-0.1, -0.05) is 0 Å². The van der Waals surface area contributed by atoms with Crippen LogP contribution < -0.4 is 11.6 Å². The Morgan fingerprint density at radius 3 is 2.21 bits per heavy atom. The standard InChI is InChI=1S/C8H9F2N3S/c9-6-1-5(2-7(10)3-6)4-13(12)8(11)14/h1-3H,4,12H2,(H2,11,14). The lowest BCUT2D eigenvalue weighted by Gasteiger charge is -2.15. The van der Waals surface area contributed by atoms with Crippen LogP contribution in [0.25, 0.3) is 0 Å². The quantitative estimate of drug-likeness (QED) is 0.439. The maximum Gasteiger partial charge on any atom is 0.180 e. The minimum atomic E-state index is -0.656. The molecule has 1 aromatic rings. The second-order valence-corrected chi connectivity index (χ2v) is 3.16. The maximum atomic E-state index is 12.7. The van der Waals surface area contributed by atoms with E-state index in [4.69, 9.17) is 11.6 Å². The Morgan fingerprint density at radius 1 is 1.29 bits per heavy atom. The van der Waals surface area contributed by atoms with Crippen LogP contribution in [0.3, 0.4) is 0 Å². The van der Waals surface area contributed by atoms with Crippen molar-refractivity contribution in [3.05, 3.63) is 35.4 Å². The number of hydrogen-bond donors (Lipinski definition) is 2. The highest BCUT2D eigenvalue weighted by Gasteiger charge is 2.05. The molecule has 6 heteroatoms. The van der Waals surface area contributed by atoms with E-state index in [9.17, 15) is 8.78 Å². The summed E-state index contributed by atoms with van der Waals surface area (Å²) in [6.45, 7) is 0.0734. The Kier molecular flexibility index (Phi) is 3.32. The fourth-order valence-electron chi connectivity index (χ4n) is 0.977. The van der Waals surface area contributed by atoms with E-state index in [2.05, 4.69) is 12.2 Å². The fourth-order valence-corrected chi connectivity index (χ4v) is 1.04. The molecule has 0 atom stereocenters. The van der Waals surface area contributed by atoms with Crippen LogP contribution in [0.15, 0.2) is 18.2 Å². The van der Waals surface area contributed by atoms with Crippen LogP contribution in [0.1, 0.15) is 5.56 Å². The minimum absolute atomic E-state index is 0.0327. The lowest BCUT2D eigenvalue weighted by atomic mass is 10.2. The summed E-state index contributed by atoms with van der Waals surface area (Å²) >= 11 is 4.57. The normalized spacial score (nSPS) is 9.93. The molecule has 0 aliphatic carbocycles. The van der Waals surface area contributed by atoms with E-state index in [1.165, 1.54) is 12.1 Å². The summed E-state index contributed by atoms with van der Waals surface area (Å²) in [4.78, 5) is 0. The summed E-state index contributed by atoms with van der Waals surface area (Å²) in [6.07, 6.45) is 0. The SMILES string of the molecule is NC(=S)N(N)Cc1cc(F)cc(F)c1. The van der Waals surface area contributed by atoms with Crippen molar-refractivity contribution in [2.24, 2.45) is 11.6 Å². The highest BCUT2D eigenvalue weighted by molar-refractivity contribution is 7.80. The summed E-state index contributed by atoms with van der Waals surface area (Å²) in [5.41, 5.74) is 5.58. The number of rotatable bonds is 2. The first-order valence-corrected chi connectivity index (χ1v) is 4.16. The number of benzene rings is 1. The molecular weight excluding hydrogens is 208 g/mol. The molecule has 0 radical (unpaired) electrons. The molecule has 0 aliphatic heterocycles. The largest absolute Gasteiger partial charge is 0.375 e. The molecule has 0 fully saturated rings.